The Bertz CT molecular complexity index is 266. The molecule has 2 aliphatic heterocycles. The number of esters is 1. The second kappa shape index (κ2) is 4.69. The van der Waals surface area contributed by atoms with Crippen LogP contribution in [0.5, 0.6) is 0 Å². The van der Waals surface area contributed by atoms with Crippen LogP contribution in [0.25, 0.3) is 0 Å². The number of carbonyl (C=O) groups is 1. The second-order valence-corrected chi connectivity index (χ2v) is 4.74. The lowest BCUT2D eigenvalue weighted by Crippen LogP contribution is -2.60. The van der Waals surface area contributed by atoms with Crippen molar-refractivity contribution < 1.29 is 14.6 Å². The Hall–Kier alpha value is -0.650. The van der Waals surface area contributed by atoms with Gasteiger partial charge in [-0.2, -0.15) is 0 Å². The average molecular weight is 228 g/mol. The number of aliphatic hydroxyl groups is 1. The van der Waals surface area contributed by atoms with Gasteiger partial charge in [0.2, 0.25) is 0 Å². The van der Waals surface area contributed by atoms with Gasteiger partial charge in [0.05, 0.1) is 13.0 Å². The molecule has 16 heavy (non-hydrogen) atoms. The Morgan fingerprint density at radius 1 is 1.62 bits per heavy atom. The van der Waals surface area contributed by atoms with Crippen molar-refractivity contribution in [2.24, 2.45) is 5.41 Å². The average Bonchev–Trinajstić information content (AvgIpc) is 2.54. The molecule has 2 saturated heterocycles. The molecule has 0 aliphatic carbocycles. The monoisotopic (exact) mass is 228 g/mol. The van der Waals surface area contributed by atoms with E-state index in [0.29, 0.717) is 13.0 Å². The minimum absolute atomic E-state index is 0.00671. The molecule has 1 atom stereocenters. The molecule has 1 spiro atoms. The van der Waals surface area contributed by atoms with E-state index in [2.05, 4.69) is 17.1 Å². The van der Waals surface area contributed by atoms with Crippen LogP contribution in [0.3, 0.4) is 0 Å². The van der Waals surface area contributed by atoms with Crippen LogP contribution in [0.2, 0.25) is 0 Å². The Balaban J connectivity index is 1.94. The zero-order valence-electron chi connectivity index (χ0n) is 9.74. The maximum atomic E-state index is 11.4. The molecule has 0 aromatic carbocycles. The van der Waals surface area contributed by atoms with Crippen molar-refractivity contribution in [2.75, 3.05) is 39.3 Å². The van der Waals surface area contributed by atoms with Gasteiger partial charge in [0.1, 0.15) is 6.10 Å². The quantitative estimate of drug-likeness (QED) is 0.604. The van der Waals surface area contributed by atoms with Gasteiger partial charge in [-0.15, -0.1) is 0 Å². The summed E-state index contributed by atoms with van der Waals surface area (Å²) < 4.78 is 5.40. The molecule has 0 amide bonds. The van der Waals surface area contributed by atoms with Crippen LogP contribution in [0.15, 0.2) is 0 Å². The summed E-state index contributed by atoms with van der Waals surface area (Å²) in [5.74, 6) is -0.0773. The van der Waals surface area contributed by atoms with Gasteiger partial charge in [-0.25, -0.2) is 0 Å². The van der Waals surface area contributed by atoms with Gasteiger partial charge in [-0.05, 0) is 6.54 Å². The summed E-state index contributed by atoms with van der Waals surface area (Å²) in [5, 5.41) is 12.2. The van der Waals surface area contributed by atoms with Crippen LogP contribution >= 0.6 is 0 Å². The van der Waals surface area contributed by atoms with Gasteiger partial charge >= 0.3 is 5.97 Å². The van der Waals surface area contributed by atoms with Crippen LogP contribution in [0.4, 0.5) is 0 Å². The van der Waals surface area contributed by atoms with Crippen molar-refractivity contribution in [1.82, 2.24) is 10.2 Å². The van der Waals surface area contributed by atoms with Gasteiger partial charge < -0.3 is 15.2 Å². The summed E-state index contributed by atoms with van der Waals surface area (Å²) in [6.07, 6.45) is 0.536. The van der Waals surface area contributed by atoms with E-state index < -0.39 is 0 Å². The fourth-order valence-corrected chi connectivity index (χ4v) is 2.51. The third-order valence-corrected chi connectivity index (χ3v) is 3.69. The molecule has 2 fully saturated rings. The Labute approximate surface area is 95.8 Å². The first-order valence-electron chi connectivity index (χ1n) is 5.93. The second-order valence-electron chi connectivity index (χ2n) is 4.74. The van der Waals surface area contributed by atoms with Gasteiger partial charge in [-0.3, -0.25) is 9.69 Å². The van der Waals surface area contributed by atoms with Crippen LogP contribution in [-0.2, 0) is 9.53 Å². The number of hydrogen-bond donors (Lipinski definition) is 2. The van der Waals surface area contributed by atoms with Crippen LogP contribution < -0.4 is 5.32 Å². The molecule has 2 aliphatic rings. The zero-order valence-corrected chi connectivity index (χ0v) is 9.74. The third-order valence-electron chi connectivity index (χ3n) is 3.69. The summed E-state index contributed by atoms with van der Waals surface area (Å²) in [6.45, 7) is 6.22. The normalized spacial score (nSPS) is 27.2. The van der Waals surface area contributed by atoms with Crippen molar-refractivity contribution in [3.8, 4) is 0 Å². The van der Waals surface area contributed by atoms with E-state index in [1.165, 1.54) is 0 Å². The fraction of sp³-hybridized carbons (Fsp3) is 0.909. The molecule has 1 unspecified atom stereocenters. The van der Waals surface area contributed by atoms with E-state index in [-0.39, 0.29) is 24.1 Å². The highest BCUT2D eigenvalue weighted by atomic mass is 16.6. The van der Waals surface area contributed by atoms with E-state index in [1.54, 1.807) is 0 Å². The summed E-state index contributed by atoms with van der Waals surface area (Å²) in [4.78, 5) is 13.5. The van der Waals surface area contributed by atoms with E-state index in [1.807, 2.05) is 0 Å². The molecule has 0 aromatic rings. The molecule has 0 radical (unpaired) electrons. The number of rotatable bonds is 5. The number of ether oxygens (including phenoxy) is 1. The summed E-state index contributed by atoms with van der Waals surface area (Å²) in [5.41, 5.74) is 0.0277. The first-order valence-corrected chi connectivity index (χ1v) is 5.93. The Morgan fingerprint density at radius 2 is 2.38 bits per heavy atom. The lowest BCUT2D eigenvalue weighted by atomic mass is 9.75. The minimum Gasteiger partial charge on any atom is -0.460 e. The van der Waals surface area contributed by atoms with E-state index in [9.17, 15) is 4.79 Å². The van der Waals surface area contributed by atoms with Crippen molar-refractivity contribution >= 4 is 5.97 Å². The summed E-state index contributed by atoms with van der Waals surface area (Å²) in [6, 6.07) is 0. The summed E-state index contributed by atoms with van der Waals surface area (Å²) in [7, 11) is 0. The molecule has 5 heteroatoms. The third kappa shape index (κ3) is 2.07. The highest BCUT2D eigenvalue weighted by Gasteiger charge is 2.53. The molecule has 0 bridgehead atoms. The number of likely N-dealkylation sites (N-methyl/N-ethyl adjacent to an activating group) is 1. The molecule has 0 saturated carbocycles. The van der Waals surface area contributed by atoms with Crippen LogP contribution in [-0.4, -0.2) is 61.4 Å². The lowest BCUT2D eigenvalue weighted by molar-refractivity contribution is -0.142. The molecule has 92 valence electrons. The SMILES string of the molecule is CCN(CCO)CC1OC(=O)CC12CNC2. The van der Waals surface area contributed by atoms with Crippen LogP contribution in [0.1, 0.15) is 13.3 Å². The zero-order chi connectivity index (χ0) is 11.6. The molecular formula is C11H20N2O3. The van der Waals surface area contributed by atoms with Crippen molar-refractivity contribution in [3.63, 3.8) is 0 Å². The Morgan fingerprint density at radius 3 is 2.88 bits per heavy atom. The molecule has 0 aromatic heterocycles. The minimum atomic E-state index is -0.0773. The topological polar surface area (TPSA) is 61.8 Å². The van der Waals surface area contributed by atoms with E-state index in [4.69, 9.17) is 9.84 Å². The smallest absolute Gasteiger partial charge is 0.306 e. The van der Waals surface area contributed by atoms with Crippen molar-refractivity contribution in [1.29, 1.82) is 0 Å². The highest BCUT2D eigenvalue weighted by Crippen LogP contribution is 2.39. The Kier molecular flexibility index (Phi) is 3.47. The van der Waals surface area contributed by atoms with Gasteiger partial charge in [0.15, 0.2) is 0 Å². The van der Waals surface area contributed by atoms with Crippen molar-refractivity contribution in [3.05, 3.63) is 0 Å². The molecule has 2 rings (SSSR count). The molecule has 2 heterocycles. The van der Waals surface area contributed by atoms with Crippen molar-refractivity contribution in [2.45, 2.75) is 19.4 Å². The van der Waals surface area contributed by atoms with E-state index >= 15 is 0 Å². The number of hydrogen-bond acceptors (Lipinski definition) is 5. The largest absolute Gasteiger partial charge is 0.460 e. The van der Waals surface area contributed by atoms with E-state index in [0.717, 1.165) is 26.2 Å². The fourth-order valence-electron chi connectivity index (χ4n) is 2.51. The lowest BCUT2D eigenvalue weighted by Gasteiger charge is -2.42. The standard InChI is InChI=1S/C11H20N2O3/c1-2-13(3-4-14)6-9-11(7-12-8-11)5-10(15)16-9/h9,12,14H,2-8H2,1H3. The van der Waals surface area contributed by atoms with Gasteiger partial charge in [0, 0.05) is 31.6 Å². The first-order chi connectivity index (χ1) is 7.70. The molecular weight excluding hydrogens is 208 g/mol. The predicted molar refractivity (Wildman–Crippen MR) is 59.0 cm³/mol. The first kappa shape index (κ1) is 11.8. The molecule has 5 nitrogen and oxygen atoms in total. The predicted octanol–water partition coefficient (Wildman–Crippen LogP) is -0.794. The van der Waals surface area contributed by atoms with Crippen LogP contribution in [0, 0.1) is 5.41 Å². The molecule has 2 N–H and O–H groups in total. The number of nitrogens with zero attached hydrogens (tertiary/aromatic N) is 1. The number of nitrogens with one attached hydrogen (secondary N) is 1. The number of cyclic esters (lactones) is 1. The number of carbonyl (C=O) groups excluding carboxylic acids is 1. The number of aliphatic hydroxyl groups excluding tert-OH is 1. The van der Waals surface area contributed by atoms with Gasteiger partial charge in [-0.1, -0.05) is 6.92 Å². The maximum absolute atomic E-state index is 11.4. The highest BCUT2D eigenvalue weighted by molar-refractivity contribution is 5.73. The summed E-state index contributed by atoms with van der Waals surface area (Å²) >= 11 is 0. The van der Waals surface area contributed by atoms with Gasteiger partial charge in [0.25, 0.3) is 0 Å². The maximum Gasteiger partial charge on any atom is 0.306 e.